The standard InChI is InChI=1S/C8H11N3S/c1-7-11-8(6-12-7)2-4-10-5-3-9/h6,10H,2,4-5H2,1H3. The van der Waals surface area contributed by atoms with Crippen LogP contribution in [0.25, 0.3) is 0 Å². The monoisotopic (exact) mass is 181 g/mol. The van der Waals surface area contributed by atoms with Crippen LogP contribution in [0.15, 0.2) is 5.38 Å². The summed E-state index contributed by atoms with van der Waals surface area (Å²) in [5.41, 5.74) is 1.11. The van der Waals surface area contributed by atoms with Gasteiger partial charge in [0.1, 0.15) is 0 Å². The van der Waals surface area contributed by atoms with Crippen molar-refractivity contribution in [2.45, 2.75) is 13.3 Å². The molecule has 0 amide bonds. The van der Waals surface area contributed by atoms with Crippen LogP contribution in [0.3, 0.4) is 0 Å². The average molecular weight is 181 g/mol. The molecule has 0 aliphatic carbocycles. The van der Waals surface area contributed by atoms with E-state index in [2.05, 4.69) is 15.7 Å². The molecule has 0 unspecified atom stereocenters. The molecule has 1 rings (SSSR count). The first kappa shape index (κ1) is 9.17. The zero-order chi connectivity index (χ0) is 8.81. The number of hydrogen-bond acceptors (Lipinski definition) is 4. The number of nitrogens with one attached hydrogen (secondary N) is 1. The number of nitriles is 1. The molecule has 1 heterocycles. The molecule has 0 spiro atoms. The van der Waals surface area contributed by atoms with Gasteiger partial charge in [-0.05, 0) is 6.92 Å². The molecule has 0 atom stereocenters. The highest BCUT2D eigenvalue weighted by atomic mass is 32.1. The fourth-order valence-corrected chi connectivity index (χ4v) is 1.53. The van der Waals surface area contributed by atoms with Crippen LogP contribution < -0.4 is 5.32 Å². The van der Waals surface area contributed by atoms with Gasteiger partial charge in [-0.1, -0.05) is 0 Å². The number of aryl methyl sites for hydroxylation is 1. The van der Waals surface area contributed by atoms with Crippen LogP contribution >= 0.6 is 11.3 Å². The summed E-state index contributed by atoms with van der Waals surface area (Å²) in [6.45, 7) is 3.25. The molecule has 0 fully saturated rings. The maximum absolute atomic E-state index is 8.24. The van der Waals surface area contributed by atoms with E-state index in [1.807, 2.05) is 13.0 Å². The molecule has 0 aromatic carbocycles. The Balaban J connectivity index is 2.21. The lowest BCUT2D eigenvalue weighted by atomic mass is 10.3. The van der Waals surface area contributed by atoms with Crippen molar-refractivity contribution in [2.75, 3.05) is 13.1 Å². The predicted octanol–water partition coefficient (Wildman–Crippen LogP) is 1.11. The van der Waals surface area contributed by atoms with Crippen molar-refractivity contribution in [2.24, 2.45) is 0 Å². The summed E-state index contributed by atoms with van der Waals surface area (Å²) in [5, 5.41) is 14.4. The van der Waals surface area contributed by atoms with Crippen LogP contribution in [-0.2, 0) is 6.42 Å². The van der Waals surface area contributed by atoms with Crippen LogP contribution in [0.5, 0.6) is 0 Å². The van der Waals surface area contributed by atoms with E-state index in [1.54, 1.807) is 11.3 Å². The molecule has 0 radical (unpaired) electrons. The molecular weight excluding hydrogens is 170 g/mol. The van der Waals surface area contributed by atoms with E-state index in [-0.39, 0.29) is 0 Å². The van der Waals surface area contributed by atoms with E-state index < -0.39 is 0 Å². The Morgan fingerprint density at radius 2 is 2.58 bits per heavy atom. The zero-order valence-electron chi connectivity index (χ0n) is 7.00. The Labute approximate surface area is 76.1 Å². The van der Waals surface area contributed by atoms with E-state index in [4.69, 9.17) is 5.26 Å². The summed E-state index contributed by atoms with van der Waals surface area (Å²) < 4.78 is 0. The molecule has 64 valence electrons. The maximum Gasteiger partial charge on any atom is 0.0897 e. The minimum atomic E-state index is 0.420. The van der Waals surface area contributed by atoms with Gasteiger partial charge in [0.25, 0.3) is 0 Å². The molecule has 0 aliphatic heterocycles. The van der Waals surface area contributed by atoms with Crippen molar-refractivity contribution in [1.82, 2.24) is 10.3 Å². The lowest BCUT2D eigenvalue weighted by Crippen LogP contribution is -2.17. The van der Waals surface area contributed by atoms with Gasteiger partial charge in [-0.25, -0.2) is 4.98 Å². The van der Waals surface area contributed by atoms with Crippen molar-refractivity contribution in [1.29, 1.82) is 5.26 Å². The second-order valence-corrected chi connectivity index (χ2v) is 3.50. The van der Waals surface area contributed by atoms with Gasteiger partial charge in [-0.2, -0.15) is 5.26 Å². The van der Waals surface area contributed by atoms with Gasteiger partial charge in [0.2, 0.25) is 0 Å². The average Bonchev–Trinajstić information content (AvgIpc) is 2.45. The lowest BCUT2D eigenvalue weighted by molar-refractivity contribution is 0.740. The van der Waals surface area contributed by atoms with Gasteiger partial charge >= 0.3 is 0 Å². The molecule has 0 bridgehead atoms. The molecule has 4 heteroatoms. The summed E-state index contributed by atoms with van der Waals surface area (Å²) in [5.74, 6) is 0. The molecule has 1 N–H and O–H groups in total. The SMILES string of the molecule is Cc1nc(CCNCC#N)cs1. The summed E-state index contributed by atoms with van der Waals surface area (Å²) in [6.07, 6.45) is 0.909. The number of nitrogens with zero attached hydrogens (tertiary/aromatic N) is 2. The number of hydrogen-bond donors (Lipinski definition) is 1. The summed E-state index contributed by atoms with van der Waals surface area (Å²) in [6, 6.07) is 2.03. The highest BCUT2D eigenvalue weighted by Crippen LogP contribution is 2.07. The van der Waals surface area contributed by atoms with Crippen molar-refractivity contribution in [3.8, 4) is 6.07 Å². The third kappa shape index (κ3) is 2.99. The second-order valence-electron chi connectivity index (χ2n) is 2.44. The van der Waals surface area contributed by atoms with E-state index in [9.17, 15) is 0 Å². The van der Waals surface area contributed by atoms with Crippen molar-refractivity contribution >= 4 is 11.3 Å². The topological polar surface area (TPSA) is 48.7 Å². The highest BCUT2D eigenvalue weighted by Gasteiger charge is 1.96. The van der Waals surface area contributed by atoms with Crippen molar-refractivity contribution in [3.63, 3.8) is 0 Å². The molecule has 1 aromatic rings. The van der Waals surface area contributed by atoms with E-state index in [0.717, 1.165) is 23.7 Å². The van der Waals surface area contributed by atoms with Gasteiger partial charge in [0.15, 0.2) is 0 Å². The molecular formula is C8H11N3S. The van der Waals surface area contributed by atoms with Crippen molar-refractivity contribution < 1.29 is 0 Å². The minimum Gasteiger partial charge on any atom is -0.304 e. The van der Waals surface area contributed by atoms with Gasteiger partial charge in [-0.15, -0.1) is 11.3 Å². The quantitative estimate of drug-likeness (QED) is 0.559. The second kappa shape index (κ2) is 4.86. The Bertz CT molecular complexity index is 274. The fourth-order valence-electron chi connectivity index (χ4n) is 0.884. The van der Waals surface area contributed by atoms with Crippen LogP contribution in [0, 0.1) is 18.3 Å². The molecule has 0 saturated carbocycles. The van der Waals surface area contributed by atoms with Crippen LogP contribution in [-0.4, -0.2) is 18.1 Å². The molecule has 0 saturated heterocycles. The van der Waals surface area contributed by atoms with Crippen LogP contribution in [0.2, 0.25) is 0 Å². The number of aromatic nitrogens is 1. The molecule has 0 aliphatic rings. The van der Waals surface area contributed by atoms with Gasteiger partial charge in [0.05, 0.1) is 23.3 Å². The Hall–Kier alpha value is -0.920. The maximum atomic E-state index is 8.24. The smallest absolute Gasteiger partial charge is 0.0897 e. The Kier molecular flexibility index (Phi) is 3.71. The number of rotatable bonds is 4. The third-order valence-corrected chi connectivity index (χ3v) is 2.25. The summed E-state index contributed by atoms with van der Waals surface area (Å²) in [4.78, 5) is 4.30. The first-order chi connectivity index (χ1) is 5.83. The highest BCUT2D eigenvalue weighted by molar-refractivity contribution is 7.09. The largest absolute Gasteiger partial charge is 0.304 e. The molecule has 1 aromatic heterocycles. The Morgan fingerprint density at radius 3 is 3.17 bits per heavy atom. The first-order valence-corrected chi connectivity index (χ1v) is 4.69. The predicted molar refractivity (Wildman–Crippen MR) is 49.0 cm³/mol. The fraction of sp³-hybridized carbons (Fsp3) is 0.500. The van der Waals surface area contributed by atoms with E-state index >= 15 is 0 Å². The van der Waals surface area contributed by atoms with E-state index in [0.29, 0.717) is 6.54 Å². The normalized spacial score (nSPS) is 9.67. The molecule has 12 heavy (non-hydrogen) atoms. The van der Waals surface area contributed by atoms with E-state index in [1.165, 1.54) is 0 Å². The molecule has 3 nitrogen and oxygen atoms in total. The third-order valence-electron chi connectivity index (χ3n) is 1.43. The van der Waals surface area contributed by atoms with Crippen LogP contribution in [0.4, 0.5) is 0 Å². The van der Waals surface area contributed by atoms with Gasteiger partial charge in [-0.3, -0.25) is 0 Å². The number of thiazole rings is 1. The first-order valence-electron chi connectivity index (χ1n) is 3.81. The summed E-state index contributed by atoms with van der Waals surface area (Å²) >= 11 is 1.66. The van der Waals surface area contributed by atoms with Crippen molar-refractivity contribution in [3.05, 3.63) is 16.1 Å². The van der Waals surface area contributed by atoms with Gasteiger partial charge in [0, 0.05) is 18.3 Å². The Morgan fingerprint density at radius 1 is 1.75 bits per heavy atom. The van der Waals surface area contributed by atoms with Gasteiger partial charge < -0.3 is 5.32 Å². The van der Waals surface area contributed by atoms with Crippen LogP contribution in [0.1, 0.15) is 10.7 Å². The minimum absolute atomic E-state index is 0.420. The summed E-state index contributed by atoms with van der Waals surface area (Å²) in [7, 11) is 0. The zero-order valence-corrected chi connectivity index (χ0v) is 7.82. The lowest BCUT2D eigenvalue weighted by Gasteiger charge is -1.95.